The number of carbonyl (C=O) groups excluding carboxylic acids is 2. The molecule has 0 aliphatic rings. The van der Waals surface area contributed by atoms with Gasteiger partial charge < -0.3 is 10.6 Å². The minimum atomic E-state index is -0.639. The Balaban J connectivity index is -0.000000340. The first kappa shape index (κ1) is 22.6. The standard InChI is InChI=1S/C9H19NOS.CH3NOS.Ag/c1-3-5-7-10(9(11)12)8-6-4-2;2-1(3)4;/h3-8H2,1-2H3,(H,11,12);(H3,2,3,4);. The van der Waals surface area contributed by atoms with Crippen LogP contribution in [0.1, 0.15) is 39.5 Å². The number of amides is 2. The number of nitrogens with zero attached hydrogens (tertiary/aromatic N) is 1. The van der Waals surface area contributed by atoms with E-state index in [2.05, 4.69) is 44.8 Å². The molecule has 4 nitrogen and oxygen atoms in total. The summed E-state index contributed by atoms with van der Waals surface area (Å²) < 4.78 is 0. The zero-order valence-electron chi connectivity index (χ0n) is 10.3. The predicted molar refractivity (Wildman–Crippen MR) is 74.3 cm³/mol. The number of nitrogens with two attached hydrogens (primary N) is 1. The Morgan fingerprint density at radius 3 is 1.53 bits per heavy atom. The van der Waals surface area contributed by atoms with Crippen LogP contribution >= 0.6 is 25.3 Å². The van der Waals surface area contributed by atoms with Crippen molar-refractivity contribution in [2.75, 3.05) is 13.1 Å². The van der Waals surface area contributed by atoms with E-state index in [9.17, 15) is 4.79 Å². The Morgan fingerprint density at radius 1 is 1.06 bits per heavy atom. The van der Waals surface area contributed by atoms with Gasteiger partial charge in [0.1, 0.15) is 0 Å². The third-order valence-electron chi connectivity index (χ3n) is 1.83. The minimum absolute atomic E-state index is 0. The molecule has 2 N–H and O–H groups in total. The van der Waals surface area contributed by atoms with Gasteiger partial charge in [-0.1, -0.05) is 51.9 Å². The van der Waals surface area contributed by atoms with Crippen LogP contribution in [0, 0.1) is 0 Å². The summed E-state index contributed by atoms with van der Waals surface area (Å²) in [7, 11) is 0. The molecule has 0 aliphatic carbocycles. The first-order valence-electron chi connectivity index (χ1n) is 5.41. The van der Waals surface area contributed by atoms with Crippen LogP contribution in [-0.4, -0.2) is 28.5 Å². The van der Waals surface area contributed by atoms with Gasteiger partial charge >= 0.3 is 0 Å². The molecular weight excluding hydrogens is 352 g/mol. The van der Waals surface area contributed by atoms with Crippen LogP contribution in [0.15, 0.2) is 0 Å². The molecule has 7 heteroatoms. The summed E-state index contributed by atoms with van der Waals surface area (Å²) in [4.78, 5) is 21.8. The van der Waals surface area contributed by atoms with E-state index in [-0.39, 0.29) is 27.6 Å². The van der Waals surface area contributed by atoms with Crippen molar-refractivity contribution in [3.05, 3.63) is 0 Å². The molecular formula is C10H22AgN2O2S2. The topological polar surface area (TPSA) is 63.4 Å². The predicted octanol–water partition coefficient (Wildman–Crippen LogP) is 2.93. The van der Waals surface area contributed by atoms with Crippen LogP contribution in [-0.2, 0) is 22.4 Å². The third-order valence-corrected chi connectivity index (χ3v) is 2.12. The van der Waals surface area contributed by atoms with E-state index in [4.69, 9.17) is 4.79 Å². The maximum absolute atomic E-state index is 10.9. The zero-order chi connectivity index (χ0) is 13.0. The van der Waals surface area contributed by atoms with E-state index in [0.29, 0.717) is 0 Å². The molecule has 0 fully saturated rings. The molecule has 0 aliphatic heterocycles. The maximum Gasteiger partial charge on any atom is 0.278 e. The molecule has 0 saturated carbocycles. The van der Waals surface area contributed by atoms with Crippen molar-refractivity contribution in [1.29, 1.82) is 0 Å². The van der Waals surface area contributed by atoms with Gasteiger partial charge in [-0.25, -0.2) is 0 Å². The van der Waals surface area contributed by atoms with Crippen molar-refractivity contribution >= 4 is 35.7 Å². The molecule has 0 atom stereocenters. The van der Waals surface area contributed by atoms with Gasteiger partial charge in [0.05, 0.1) is 0 Å². The fourth-order valence-electron chi connectivity index (χ4n) is 1.00. The Labute approximate surface area is 130 Å². The smallest absolute Gasteiger partial charge is 0.278 e. The average Bonchev–Trinajstić information content (AvgIpc) is 2.16. The van der Waals surface area contributed by atoms with Crippen molar-refractivity contribution in [2.45, 2.75) is 39.5 Å². The Morgan fingerprint density at radius 2 is 1.35 bits per heavy atom. The normalized spacial score (nSPS) is 8.47. The number of thiol groups is 2. The van der Waals surface area contributed by atoms with Crippen LogP contribution in [0.4, 0.5) is 9.59 Å². The molecule has 2 amide bonds. The maximum atomic E-state index is 10.9. The number of carbonyl (C=O) groups is 2. The molecule has 17 heavy (non-hydrogen) atoms. The summed E-state index contributed by atoms with van der Waals surface area (Å²) in [5.74, 6) is 0. The Hall–Kier alpha value is 0.380. The fraction of sp³-hybridized carbons (Fsp3) is 0.800. The summed E-state index contributed by atoms with van der Waals surface area (Å²) in [5, 5.41) is -0.725. The van der Waals surface area contributed by atoms with Gasteiger partial charge in [0.2, 0.25) is 0 Å². The number of primary amides is 1. The fourth-order valence-corrected chi connectivity index (χ4v) is 1.20. The molecule has 0 aromatic heterocycles. The second-order valence-electron chi connectivity index (χ2n) is 3.31. The third kappa shape index (κ3) is 22.1. The van der Waals surface area contributed by atoms with E-state index in [1.165, 1.54) is 0 Å². The summed E-state index contributed by atoms with van der Waals surface area (Å²) >= 11 is 6.93. The second-order valence-corrected chi connectivity index (χ2v) is 4.14. The molecule has 0 unspecified atom stereocenters. The summed E-state index contributed by atoms with van der Waals surface area (Å²) in [6.07, 6.45) is 4.42. The summed E-state index contributed by atoms with van der Waals surface area (Å²) in [6.45, 7) is 5.97. The number of rotatable bonds is 6. The van der Waals surface area contributed by atoms with Crippen molar-refractivity contribution < 1.29 is 32.0 Å². The molecule has 107 valence electrons. The van der Waals surface area contributed by atoms with E-state index in [0.717, 1.165) is 38.8 Å². The summed E-state index contributed by atoms with van der Waals surface area (Å²) in [6, 6.07) is 0. The van der Waals surface area contributed by atoms with Crippen LogP contribution in [0.3, 0.4) is 0 Å². The van der Waals surface area contributed by atoms with E-state index in [1.54, 1.807) is 0 Å². The molecule has 0 spiro atoms. The monoisotopic (exact) mass is 373 g/mol. The van der Waals surface area contributed by atoms with Crippen LogP contribution in [0.25, 0.3) is 0 Å². The Bertz CT molecular complexity index is 195. The largest absolute Gasteiger partial charge is 0.361 e. The van der Waals surface area contributed by atoms with E-state index < -0.39 is 5.24 Å². The van der Waals surface area contributed by atoms with Gasteiger partial charge in [0.15, 0.2) is 0 Å². The first-order chi connectivity index (χ1) is 7.45. The van der Waals surface area contributed by atoms with Crippen molar-refractivity contribution in [3.8, 4) is 0 Å². The molecule has 0 rings (SSSR count). The van der Waals surface area contributed by atoms with Gasteiger partial charge in [0.25, 0.3) is 10.5 Å². The minimum Gasteiger partial charge on any atom is -0.361 e. The van der Waals surface area contributed by atoms with Crippen molar-refractivity contribution in [1.82, 2.24) is 4.90 Å². The molecule has 0 bridgehead atoms. The second kappa shape index (κ2) is 16.4. The SMILES string of the molecule is CCCCN(CCCC)C(=O)S.NC(=O)S.[Ag]. The van der Waals surface area contributed by atoms with Crippen molar-refractivity contribution in [3.63, 3.8) is 0 Å². The van der Waals surface area contributed by atoms with Gasteiger partial charge in [-0.2, -0.15) is 0 Å². The quantitative estimate of drug-likeness (QED) is 0.495. The van der Waals surface area contributed by atoms with Gasteiger partial charge in [-0.3, -0.25) is 9.59 Å². The number of unbranched alkanes of at least 4 members (excludes halogenated alkanes) is 2. The summed E-state index contributed by atoms with van der Waals surface area (Å²) in [5.41, 5.74) is 4.34. The number of hydrogen-bond acceptors (Lipinski definition) is 2. The zero-order valence-corrected chi connectivity index (χ0v) is 13.6. The molecule has 0 saturated heterocycles. The van der Waals surface area contributed by atoms with E-state index in [1.807, 2.05) is 4.90 Å². The molecule has 0 aromatic rings. The Kier molecular flexibility index (Phi) is 21.7. The first-order valence-corrected chi connectivity index (χ1v) is 6.31. The van der Waals surface area contributed by atoms with Crippen LogP contribution in [0.2, 0.25) is 0 Å². The van der Waals surface area contributed by atoms with Gasteiger partial charge in [-0.05, 0) is 12.8 Å². The van der Waals surface area contributed by atoms with Gasteiger partial charge in [0, 0.05) is 35.5 Å². The number of hydrogen-bond donors (Lipinski definition) is 3. The molecule has 0 aromatic carbocycles. The van der Waals surface area contributed by atoms with Crippen LogP contribution < -0.4 is 5.73 Å². The van der Waals surface area contributed by atoms with E-state index >= 15 is 0 Å². The van der Waals surface area contributed by atoms with Crippen LogP contribution in [0.5, 0.6) is 0 Å². The van der Waals surface area contributed by atoms with Gasteiger partial charge in [-0.15, -0.1) is 0 Å². The van der Waals surface area contributed by atoms with Crippen molar-refractivity contribution in [2.24, 2.45) is 5.73 Å². The molecule has 1 radical (unpaired) electrons. The average molecular weight is 374 g/mol. The molecule has 0 heterocycles.